The molecule has 23 heavy (non-hydrogen) atoms. The van der Waals surface area contributed by atoms with Gasteiger partial charge in [-0.05, 0) is 32.6 Å². The highest BCUT2D eigenvalue weighted by atomic mass is 16.5. The lowest BCUT2D eigenvalue weighted by Crippen LogP contribution is -2.20. The molecule has 126 valence electrons. The fourth-order valence-electron chi connectivity index (χ4n) is 2.05. The van der Waals surface area contributed by atoms with Crippen LogP contribution in [0.25, 0.3) is 0 Å². The van der Waals surface area contributed by atoms with Gasteiger partial charge in [-0.15, -0.1) is 5.10 Å². The zero-order chi connectivity index (χ0) is 16.7. The Bertz CT molecular complexity index is 601. The third-order valence-electron chi connectivity index (χ3n) is 3.20. The minimum Gasteiger partial charge on any atom is -0.493 e. The lowest BCUT2D eigenvalue weighted by Gasteiger charge is -2.15. The SMILES string of the molecule is COc1ccccc1OCCCN(C)c1nnc(CN(C)C)o1. The summed E-state index contributed by atoms with van der Waals surface area (Å²) in [5, 5.41) is 8.08. The van der Waals surface area contributed by atoms with E-state index in [2.05, 4.69) is 10.2 Å². The second-order valence-corrected chi connectivity index (χ2v) is 5.49. The van der Waals surface area contributed by atoms with Crippen molar-refractivity contribution < 1.29 is 13.9 Å². The maximum Gasteiger partial charge on any atom is 0.317 e. The van der Waals surface area contributed by atoms with Gasteiger partial charge >= 0.3 is 6.01 Å². The Morgan fingerprint density at radius 3 is 2.52 bits per heavy atom. The van der Waals surface area contributed by atoms with Crippen LogP contribution in [0.1, 0.15) is 12.3 Å². The highest BCUT2D eigenvalue weighted by Crippen LogP contribution is 2.25. The van der Waals surface area contributed by atoms with Crippen molar-refractivity contribution in [3.8, 4) is 11.5 Å². The number of aromatic nitrogens is 2. The molecule has 0 N–H and O–H groups in total. The van der Waals surface area contributed by atoms with E-state index < -0.39 is 0 Å². The molecule has 0 aliphatic rings. The lowest BCUT2D eigenvalue weighted by molar-refractivity contribution is 0.289. The monoisotopic (exact) mass is 320 g/mol. The van der Waals surface area contributed by atoms with Gasteiger partial charge < -0.3 is 23.7 Å². The van der Waals surface area contributed by atoms with Gasteiger partial charge in [-0.2, -0.15) is 0 Å². The van der Waals surface area contributed by atoms with Crippen LogP contribution in [0.15, 0.2) is 28.7 Å². The zero-order valence-electron chi connectivity index (χ0n) is 14.2. The Morgan fingerprint density at radius 2 is 1.83 bits per heavy atom. The van der Waals surface area contributed by atoms with Crippen LogP contribution in [-0.4, -0.2) is 56.5 Å². The van der Waals surface area contributed by atoms with E-state index in [0.717, 1.165) is 24.5 Å². The summed E-state index contributed by atoms with van der Waals surface area (Å²) in [5.74, 6) is 2.11. The molecular weight excluding hydrogens is 296 g/mol. The largest absolute Gasteiger partial charge is 0.493 e. The first-order chi connectivity index (χ1) is 11.1. The molecule has 2 rings (SSSR count). The van der Waals surface area contributed by atoms with E-state index in [4.69, 9.17) is 13.9 Å². The Kier molecular flexibility index (Phi) is 6.22. The maximum absolute atomic E-state index is 5.75. The second kappa shape index (κ2) is 8.38. The van der Waals surface area contributed by atoms with Crippen LogP contribution in [-0.2, 0) is 6.54 Å². The average Bonchev–Trinajstić information content (AvgIpc) is 2.99. The van der Waals surface area contributed by atoms with Crippen molar-refractivity contribution in [1.82, 2.24) is 15.1 Å². The molecule has 0 bridgehead atoms. The lowest BCUT2D eigenvalue weighted by atomic mass is 10.3. The van der Waals surface area contributed by atoms with Gasteiger partial charge in [-0.1, -0.05) is 17.2 Å². The maximum atomic E-state index is 5.75. The Morgan fingerprint density at radius 1 is 1.09 bits per heavy atom. The average molecular weight is 320 g/mol. The van der Waals surface area contributed by atoms with Crippen molar-refractivity contribution in [1.29, 1.82) is 0 Å². The van der Waals surface area contributed by atoms with Gasteiger partial charge in [0.25, 0.3) is 0 Å². The van der Waals surface area contributed by atoms with E-state index in [9.17, 15) is 0 Å². The zero-order valence-corrected chi connectivity index (χ0v) is 14.2. The summed E-state index contributed by atoms with van der Waals surface area (Å²) in [6.45, 7) is 1.99. The molecule has 0 aliphatic carbocycles. The number of hydrogen-bond donors (Lipinski definition) is 0. The summed E-state index contributed by atoms with van der Waals surface area (Å²) in [7, 11) is 7.48. The molecule has 0 unspecified atom stereocenters. The molecule has 7 heteroatoms. The summed E-state index contributed by atoms with van der Waals surface area (Å²) in [5.41, 5.74) is 0. The molecule has 1 aromatic carbocycles. The molecule has 0 fully saturated rings. The summed E-state index contributed by atoms with van der Waals surface area (Å²) in [6, 6.07) is 8.15. The number of rotatable bonds is 9. The van der Waals surface area contributed by atoms with Crippen LogP contribution in [0.2, 0.25) is 0 Å². The molecule has 0 spiro atoms. The van der Waals surface area contributed by atoms with Gasteiger partial charge in [0.15, 0.2) is 11.5 Å². The number of ether oxygens (including phenoxy) is 2. The molecule has 2 aromatic rings. The molecule has 1 aromatic heterocycles. The topological polar surface area (TPSA) is 63.9 Å². The molecule has 0 aliphatic heterocycles. The molecule has 0 atom stereocenters. The summed E-state index contributed by atoms with van der Waals surface area (Å²) < 4.78 is 16.6. The quantitative estimate of drug-likeness (QED) is 0.655. The minimum absolute atomic E-state index is 0.527. The number of hydrogen-bond acceptors (Lipinski definition) is 7. The van der Waals surface area contributed by atoms with Crippen molar-refractivity contribution in [2.24, 2.45) is 0 Å². The first-order valence-corrected chi connectivity index (χ1v) is 7.54. The van der Waals surface area contributed by atoms with Crippen LogP contribution >= 0.6 is 0 Å². The predicted octanol–water partition coefficient (Wildman–Crippen LogP) is 2.05. The van der Waals surface area contributed by atoms with E-state index in [0.29, 0.717) is 25.1 Å². The molecular formula is C16H24N4O3. The third kappa shape index (κ3) is 5.14. The molecule has 0 radical (unpaired) electrons. The third-order valence-corrected chi connectivity index (χ3v) is 3.20. The summed E-state index contributed by atoms with van der Waals surface area (Å²) >= 11 is 0. The van der Waals surface area contributed by atoms with Crippen molar-refractivity contribution in [3.05, 3.63) is 30.2 Å². The van der Waals surface area contributed by atoms with Crippen LogP contribution < -0.4 is 14.4 Å². The van der Waals surface area contributed by atoms with Gasteiger partial charge in [0.05, 0.1) is 20.3 Å². The van der Waals surface area contributed by atoms with Crippen molar-refractivity contribution in [2.45, 2.75) is 13.0 Å². The first kappa shape index (κ1) is 17.1. The highest BCUT2D eigenvalue weighted by Gasteiger charge is 2.11. The van der Waals surface area contributed by atoms with Gasteiger partial charge in [0.1, 0.15) is 0 Å². The van der Waals surface area contributed by atoms with E-state index in [1.807, 2.05) is 55.2 Å². The molecule has 0 saturated heterocycles. The molecule has 0 amide bonds. The van der Waals surface area contributed by atoms with Crippen LogP contribution in [0.4, 0.5) is 6.01 Å². The van der Waals surface area contributed by atoms with Crippen LogP contribution in [0.3, 0.4) is 0 Å². The van der Waals surface area contributed by atoms with E-state index in [1.54, 1.807) is 7.11 Å². The predicted molar refractivity (Wildman–Crippen MR) is 88.1 cm³/mol. The summed E-state index contributed by atoms with van der Waals surface area (Å²) in [4.78, 5) is 3.91. The highest BCUT2D eigenvalue weighted by molar-refractivity contribution is 5.39. The summed E-state index contributed by atoms with van der Waals surface area (Å²) in [6.07, 6.45) is 0.833. The normalized spacial score (nSPS) is 10.8. The van der Waals surface area contributed by atoms with Crippen LogP contribution in [0.5, 0.6) is 11.5 Å². The van der Waals surface area contributed by atoms with E-state index in [-0.39, 0.29) is 0 Å². The molecule has 0 saturated carbocycles. The standard InChI is InChI=1S/C16H24N4O3/c1-19(2)12-15-17-18-16(23-15)20(3)10-7-11-22-14-9-6-5-8-13(14)21-4/h5-6,8-9H,7,10-12H2,1-4H3. The van der Waals surface area contributed by atoms with Gasteiger partial charge in [-0.25, -0.2) is 0 Å². The fourth-order valence-corrected chi connectivity index (χ4v) is 2.05. The number of anilines is 1. The minimum atomic E-state index is 0.527. The van der Waals surface area contributed by atoms with Crippen molar-refractivity contribution in [3.63, 3.8) is 0 Å². The van der Waals surface area contributed by atoms with Crippen molar-refractivity contribution >= 4 is 6.01 Å². The fraction of sp³-hybridized carbons (Fsp3) is 0.500. The number of benzene rings is 1. The Labute approximate surface area is 136 Å². The van der Waals surface area contributed by atoms with Gasteiger partial charge in [0, 0.05) is 13.6 Å². The number of para-hydroxylation sites is 2. The second-order valence-electron chi connectivity index (χ2n) is 5.49. The van der Waals surface area contributed by atoms with Crippen molar-refractivity contribution in [2.75, 3.05) is 46.3 Å². The molecule has 1 heterocycles. The van der Waals surface area contributed by atoms with E-state index >= 15 is 0 Å². The number of methoxy groups -OCH3 is 1. The van der Waals surface area contributed by atoms with Gasteiger partial charge in [-0.3, -0.25) is 0 Å². The first-order valence-electron chi connectivity index (χ1n) is 7.54. The van der Waals surface area contributed by atoms with Gasteiger partial charge in [0.2, 0.25) is 5.89 Å². The van der Waals surface area contributed by atoms with E-state index in [1.165, 1.54) is 0 Å². The molecule has 7 nitrogen and oxygen atoms in total. The smallest absolute Gasteiger partial charge is 0.317 e. The Balaban J connectivity index is 1.76. The van der Waals surface area contributed by atoms with Crippen LogP contribution in [0, 0.1) is 0 Å². The Hall–Kier alpha value is -2.28. The number of nitrogens with zero attached hydrogens (tertiary/aromatic N) is 4.